The Balaban J connectivity index is 2.77. The van der Waals surface area contributed by atoms with Gasteiger partial charge in [-0.25, -0.2) is 0 Å². The van der Waals surface area contributed by atoms with Crippen LogP contribution in [-0.2, 0) is 4.74 Å². The lowest BCUT2D eigenvalue weighted by Crippen LogP contribution is -1.87. The van der Waals surface area contributed by atoms with E-state index in [2.05, 4.69) is 18.9 Å². The molecular weight excluding hydrogens is 255 g/mol. The first-order valence-electron chi connectivity index (χ1n) is 4.89. The minimum atomic E-state index is 0.246. The highest BCUT2D eigenvalue weighted by Crippen LogP contribution is 2.20. The summed E-state index contributed by atoms with van der Waals surface area (Å²) < 4.78 is 5.47. The van der Waals surface area contributed by atoms with E-state index in [-0.39, 0.29) is 5.03 Å². The predicted octanol–water partition coefficient (Wildman–Crippen LogP) is 4.95. The van der Waals surface area contributed by atoms with E-state index in [1.807, 2.05) is 25.2 Å². The molecule has 0 fully saturated rings. The van der Waals surface area contributed by atoms with Crippen molar-refractivity contribution in [1.29, 1.82) is 0 Å². The van der Waals surface area contributed by atoms with Crippen LogP contribution in [0.4, 0.5) is 0 Å². The Morgan fingerprint density at radius 2 is 2.12 bits per heavy atom. The Kier molecular flexibility index (Phi) is 5.11. The topological polar surface area (TPSA) is 9.23 Å². The summed E-state index contributed by atoms with van der Waals surface area (Å²) in [4.78, 5) is 0. The normalized spacial score (nSPS) is 14.9. The molecule has 0 aromatic carbocycles. The van der Waals surface area contributed by atoms with Crippen molar-refractivity contribution in [2.45, 2.75) is 6.92 Å². The molecule has 0 radical (unpaired) electrons. The van der Waals surface area contributed by atoms with Gasteiger partial charge in [-0.05, 0) is 24.6 Å². The van der Waals surface area contributed by atoms with Crippen LogP contribution in [0.5, 0.6) is 0 Å². The molecule has 17 heavy (non-hydrogen) atoms. The molecule has 0 bridgehead atoms. The lowest BCUT2D eigenvalue weighted by atomic mass is 10.2. The molecule has 0 atom stereocenters. The smallest absolute Gasteiger partial charge is 0.169 e. The van der Waals surface area contributed by atoms with E-state index in [4.69, 9.17) is 27.9 Å². The van der Waals surface area contributed by atoms with Crippen molar-refractivity contribution in [3.8, 4) is 0 Å². The highest BCUT2D eigenvalue weighted by molar-refractivity contribution is 6.43. The molecule has 0 heterocycles. The summed E-state index contributed by atoms with van der Waals surface area (Å²) in [7, 11) is 0. The molecule has 0 aromatic heterocycles. The van der Waals surface area contributed by atoms with Crippen molar-refractivity contribution in [3.63, 3.8) is 0 Å². The fourth-order valence-electron chi connectivity index (χ4n) is 1.08. The van der Waals surface area contributed by atoms with E-state index >= 15 is 0 Å². The molecule has 88 valence electrons. The maximum atomic E-state index is 5.81. The maximum absolute atomic E-state index is 5.81. The molecule has 1 aliphatic carbocycles. The van der Waals surface area contributed by atoms with Crippen LogP contribution in [-0.4, -0.2) is 0 Å². The minimum absolute atomic E-state index is 0.246. The van der Waals surface area contributed by atoms with E-state index < -0.39 is 0 Å². The van der Waals surface area contributed by atoms with Gasteiger partial charge in [0, 0.05) is 6.08 Å². The quantitative estimate of drug-likeness (QED) is 0.398. The third kappa shape index (κ3) is 4.97. The zero-order chi connectivity index (χ0) is 12.8. The summed E-state index contributed by atoms with van der Waals surface area (Å²) in [6, 6.07) is 0. The summed E-state index contributed by atoms with van der Waals surface area (Å²) in [5, 5.41) is 0.545. The Morgan fingerprint density at radius 3 is 2.76 bits per heavy atom. The SMILES string of the molecule is C=C(/C=C(/Cl)C(=C)Cl)OC1=C=CC=CC(C)=C1. The highest BCUT2D eigenvalue weighted by atomic mass is 35.5. The number of ether oxygens (including phenoxy) is 1. The van der Waals surface area contributed by atoms with E-state index in [1.165, 1.54) is 6.08 Å². The van der Waals surface area contributed by atoms with Gasteiger partial charge in [0.1, 0.15) is 5.76 Å². The Labute approximate surface area is 111 Å². The van der Waals surface area contributed by atoms with Crippen LogP contribution in [0, 0.1) is 0 Å². The van der Waals surface area contributed by atoms with Crippen molar-refractivity contribution in [2.24, 2.45) is 0 Å². The average molecular weight is 267 g/mol. The van der Waals surface area contributed by atoms with Crippen LogP contribution in [0.25, 0.3) is 0 Å². The zero-order valence-corrected chi connectivity index (χ0v) is 11.0. The monoisotopic (exact) mass is 266 g/mol. The molecule has 0 aliphatic heterocycles. The first-order valence-corrected chi connectivity index (χ1v) is 5.65. The maximum Gasteiger partial charge on any atom is 0.169 e. The molecule has 0 aromatic rings. The molecule has 1 aliphatic rings. The molecule has 0 saturated carbocycles. The van der Waals surface area contributed by atoms with Gasteiger partial charge in [-0.3, -0.25) is 0 Å². The second-order valence-corrected chi connectivity index (χ2v) is 4.25. The Bertz CT molecular complexity index is 498. The third-order valence-corrected chi connectivity index (χ3v) is 2.47. The fourth-order valence-corrected chi connectivity index (χ4v) is 1.25. The molecule has 3 heteroatoms. The minimum Gasteiger partial charge on any atom is -0.450 e. The number of allylic oxidation sites excluding steroid dienone is 7. The largest absolute Gasteiger partial charge is 0.450 e. The van der Waals surface area contributed by atoms with Crippen molar-refractivity contribution >= 4 is 23.2 Å². The van der Waals surface area contributed by atoms with Gasteiger partial charge in [-0.1, -0.05) is 54.2 Å². The van der Waals surface area contributed by atoms with Gasteiger partial charge in [0.25, 0.3) is 0 Å². The first kappa shape index (κ1) is 13.7. The van der Waals surface area contributed by atoms with Crippen LogP contribution in [0.2, 0.25) is 0 Å². The van der Waals surface area contributed by atoms with E-state index in [0.29, 0.717) is 16.6 Å². The van der Waals surface area contributed by atoms with Gasteiger partial charge in [0.2, 0.25) is 0 Å². The molecule has 0 spiro atoms. The van der Waals surface area contributed by atoms with Gasteiger partial charge in [0.15, 0.2) is 5.76 Å². The first-order chi connectivity index (χ1) is 7.99. The second kappa shape index (κ2) is 6.36. The molecule has 1 rings (SSSR count). The Hall–Kier alpha value is -1.40. The van der Waals surface area contributed by atoms with E-state index in [1.54, 1.807) is 6.08 Å². The van der Waals surface area contributed by atoms with Gasteiger partial charge < -0.3 is 4.74 Å². The summed E-state index contributed by atoms with van der Waals surface area (Å²) in [5.74, 6) is 0.942. The second-order valence-electron chi connectivity index (χ2n) is 3.39. The molecule has 0 N–H and O–H groups in total. The highest BCUT2D eigenvalue weighted by Gasteiger charge is 2.01. The lowest BCUT2D eigenvalue weighted by molar-refractivity contribution is 0.339. The number of hydrogen-bond donors (Lipinski definition) is 0. The van der Waals surface area contributed by atoms with Gasteiger partial charge in [-0.2, -0.15) is 0 Å². The molecule has 0 saturated heterocycles. The van der Waals surface area contributed by atoms with Crippen LogP contribution in [0.1, 0.15) is 6.92 Å². The van der Waals surface area contributed by atoms with Gasteiger partial charge >= 0.3 is 0 Å². The van der Waals surface area contributed by atoms with Crippen molar-refractivity contribution in [1.82, 2.24) is 0 Å². The number of halogens is 2. The van der Waals surface area contributed by atoms with Gasteiger partial charge in [-0.15, -0.1) is 0 Å². The average Bonchev–Trinajstić information content (AvgIpc) is 2.42. The standard InChI is InChI=1S/C14H12Cl2O/c1-10-6-4-5-7-13(8-10)17-11(2)9-14(16)12(3)15/h4-6,8-9H,2-3H2,1H3/b14-9+. The molecule has 0 amide bonds. The molecular formula is C14H12Cl2O. The van der Waals surface area contributed by atoms with Crippen LogP contribution in [0.15, 0.2) is 76.4 Å². The molecule has 0 unspecified atom stereocenters. The summed E-state index contributed by atoms with van der Waals surface area (Å²) in [6.45, 7) is 9.18. The van der Waals surface area contributed by atoms with Crippen molar-refractivity contribution in [3.05, 3.63) is 76.4 Å². The summed E-state index contributed by atoms with van der Waals surface area (Å²) in [6.07, 6.45) is 8.96. The van der Waals surface area contributed by atoms with Crippen molar-refractivity contribution < 1.29 is 4.74 Å². The third-order valence-electron chi connectivity index (χ3n) is 1.83. The van der Waals surface area contributed by atoms with Crippen LogP contribution in [0.3, 0.4) is 0 Å². The zero-order valence-electron chi connectivity index (χ0n) is 9.47. The van der Waals surface area contributed by atoms with Gasteiger partial charge in [0.05, 0.1) is 10.1 Å². The van der Waals surface area contributed by atoms with E-state index in [0.717, 1.165) is 5.57 Å². The fraction of sp³-hybridized carbons (Fsp3) is 0.0714. The predicted molar refractivity (Wildman–Crippen MR) is 73.6 cm³/mol. The number of rotatable bonds is 4. The van der Waals surface area contributed by atoms with Crippen LogP contribution < -0.4 is 0 Å². The molecule has 1 nitrogen and oxygen atoms in total. The summed E-state index contributed by atoms with van der Waals surface area (Å²) >= 11 is 11.4. The lowest BCUT2D eigenvalue weighted by Gasteiger charge is -2.04. The van der Waals surface area contributed by atoms with Crippen molar-refractivity contribution in [2.75, 3.05) is 0 Å². The Morgan fingerprint density at radius 1 is 1.41 bits per heavy atom. The number of hydrogen-bond acceptors (Lipinski definition) is 1. The summed E-state index contributed by atoms with van der Waals surface area (Å²) in [5.41, 5.74) is 4.02. The van der Waals surface area contributed by atoms with Crippen LogP contribution >= 0.6 is 23.2 Å². The van der Waals surface area contributed by atoms with E-state index in [9.17, 15) is 0 Å².